The molecule has 1 unspecified atom stereocenters. The molecule has 1 N–H and O–H groups in total. The summed E-state index contributed by atoms with van der Waals surface area (Å²) in [6.45, 7) is 3.68. The first-order valence-corrected chi connectivity index (χ1v) is 6.78. The third-order valence-corrected chi connectivity index (χ3v) is 4.29. The Morgan fingerprint density at radius 1 is 1.43 bits per heavy atom. The lowest BCUT2D eigenvalue weighted by molar-refractivity contribution is 0.186. The number of unbranched alkanes of at least 4 members (excludes halogenated alkanes) is 1. The van der Waals surface area contributed by atoms with Gasteiger partial charge in [-0.2, -0.15) is 11.8 Å². The zero-order valence-electron chi connectivity index (χ0n) is 8.95. The molecule has 1 nitrogen and oxygen atoms in total. The van der Waals surface area contributed by atoms with Crippen LogP contribution < -0.4 is 0 Å². The monoisotopic (exact) mass is 214 g/mol. The normalized spacial score (nSPS) is 19.8. The minimum atomic E-state index is -0.0967. The van der Waals surface area contributed by atoms with Crippen molar-refractivity contribution in [3.05, 3.63) is 12.7 Å². The lowest BCUT2D eigenvalue weighted by Gasteiger charge is -2.13. The van der Waals surface area contributed by atoms with E-state index in [1.807, 2.05) is 17.8 Å². The Bertz CT molecular complexity index is 152. The van der Waals surface area contributed by atoms with E-state index in [-0.39, 0.29) is 6.10 Å². The largest absolute Gasteiger partial charge is 0.392 e. The van der Waals surface area contributed by atoms with Crippen LogP contribution in [-0.2, 0) is 0 Å². The average molecular weight is 214 g/mol. The number of rotatable bonds is 7. The SMILES string of the molecule is C=CCCCC(O)CSC1CCCC1. The van der Waals surface area contributed by atoms with Gasteiger partial charge in [-0.15, -0.1) is 6.58 Å². The summed E-state index contributed by atoms with van der Waals surface area (Å²) in [7, 11) is 0. The van der Waals surface area contributed by atoms with Gasteiger partial charge in [0.15, 0.2) is 0 Å². The van der Waals surface area contributed by atoms with E-state index in [0.29, 0.717) is 0 Å². The summed E-state index contributed by atoms with van der Waals surface area (Å²) >= 11 is 1.97. The van der Waals surface area contributed by atoms with E-state index in [0.717, 1.165) is 30.3 Å². The van der Waals surface area contributed by atoms with Crippen molar-refractivity contribution in [1.82, 2.24) is 0 Å². The van der Waals surface area contributed by atoms with Crippen molar-refractivity contribution in [3.63, 3.8) is 0 Å². The molecule has 0 radical (unpaired) electrons. The second-order valence-corrected chi connectivity index (χ2v) is 5.45. The molecule has 0 saturated heterocycles. The number of aliphatic hydroxyl groups excluding tert-OH is 1. The van der Waals surface area contributed by atoms with Crippen LogP contribution in [0.25, 0.3) is 0 Å². The van der Waals surface area contributed by atoms with Crippen molar-refractivity contribution >= 4 is 11.8 Å². The fourth-order valence-electron chi connectivity index (χ4n) is 1.88. The summed E-state index contributed by atoms with van der Waals surface area (Å²) in [4.78, 5) is 0. The summed E-state index contributed by atoms with van der Waals surface area (Å²) in [5, 5.41) is 10.5. The number of aliphatic hydroxyl groups is 1. The summed E-state index contributed by atoms with van der Waals surface area (Å²) in [6.07, 6.45) is 10.4. The van der Waals surface area contributed by atoms with Gasteiger partial charge in [0.05, 0.1) is 6.10 Å². The highest BCUT2D eigenvalue weighted by Crippen LogP contribution is 2.30. The van der Waals surface area contributed by atoms with Gasteiger partial charge in [0.1, 0.15) is 0 Å². The van der Waals surface area contributed by atoms with E-state index in [4.69, 9.17) is 0 Å². The van der Waals surface area contributed by atoms with Crippen LogP contribution >= 0.6 is 11.8 Å². The highest BCUT2D eigenvalue weighted by atomic mass is 32.2. The van der Waals surface area contributed by atoms with Crippen molar-refractivity contribution in [2.45, 2.75) is 56.3 Å². The third kappa shape index (κ3) is 5.06. The van der Waals surface area contributed by atoms with Crippen LogP contribution in [0.2, 0.25) is 0 Å². The lowest BCUT2D eigenvalue weighted by Crippen LogP contribution is -2.12. The summed E-state index contributed by atoms with van der Waals surface area (Å²) in [5.74, 6) is 0.932. The Morgan fingerprint density at radius 3 is 2.79 bits per heavy atom. The molecule has 0 aromatic rings. The summed E-state index contributed by atoms with van der Waals surface area (Å²) < 4.78 is 0. The van der Waals surface area contributed by atoms with Crippen molar-refractivity contribution in [2.24, 2.45) is 0 Å². The molecule has 0 aliphatic heterocycles. The first-order valence-electron chi connectivity index (χ1n) is 5.73. The maximum atomic E-state index is 9.68. The fraction of sp³-hybridized carbons (Fsp3) is 0.833. The van der Waals surface area contributed by atoms with Gasteiger partial charge in [0.2, 0.25) is 0 Å². The van der Waals surface area contributed by atoms with Crippen LogP contribution in [0, 0.1) is 0 Å². The second kappa shape index (κ2) is 7.36. The van der Waals surface area contributed by atoms with Gasteiger partial charge in [-0.05, 0) is 32.1 Å². The molecule has 1 aliphatic rings. The van der Waals surface area contributed by atoms with E-state index in [1.54, 1.807) is 0 Å². The molecule has 82 valence electrons. The highest BCUT2D eigenvalue weighted by Gasteiger charge is 2.16. The van der Waals surface area contributed by atoms with Crippen molar-refractivity contribution in [2.75, 3.05) is 5.75 Å². The highest BCUT2D eigenvalue weighted by molar-refractivity contribution is 7.99. The fourth-order valence-corrected chi connectivity index (χ4v) is 3.21. The van der Waals surface area contributed by atoms with Crippen molar-refractivity contribution in [3.8, 4) is 0 Å². The molecule has 0 aromatic heterocycles. The third-order valence-electron chi connectivity index (χ3n) is 2.77. The standard InChI is InChI=1S/C12H22OS/c1-2-3-4-7-11(13)10-14-12-8-5-6-9-12/h2,11-13H,1,3-10H2. The topological polar surface area (TPSA) is 20.2 Å². The maximum absolute atomic E-state index is 9.68. The first kappa shape index (κ1) is 12.1. The smallest absolute Gasteiger partial charge is 0.0630 e. The van der Waals surface area contributed by atoms with Gasteiger partial charge in [-0.3, -0.25) is 0 Å². The number of hydrogen-bond acceptors (Lipinski definition) is 2. The van der Waals surface area contributed by atoms with Crippen molar-refractivity contribution < 1.29 is 5.11 Å². The Hall–Kier alpha value is 0.0500. The Balaban J connectivity index is 1.96. The molecule has 1 saturated carbocycles. The van der Waals surface area contributed by atoms with Gasteiger partial charge in [0, 0.05) is 11.0 Å². The van der Waals surface area contributed by atoms with Crippen LogP contribution in [0.4, 0.5) is 0 Å². The molecular formula is C12H22OS. The van der Waals surface area contributed by atoms with Crippen LogP contribution in [0.15, 0.2) is 12.7 Å². The van der Waals surface area contributed by atoms with E-state index in [2.05, 4.69) is 6.58 Å². The Kier molecular flexibility index (Phi) is 6.37. The minimum absolute atomic E-state index is 0.0967. The molecule has 1 fully saturated rings. The Labute approximate surface area is 92.0 Å². The zero-order valence-corrected chi connectivity index (χ0v) is 9.77. The van der Waals surface area contributed by atoms with Crippen LogP contribution in [0.1, 0.15) is 44.9 Å². The maximum Gasteiger partial charge on any atom is 0.0630 e. The molecule has 0 aromatic carbocycles. The summed E-state index contributed by atoms with van der Waals surface area (Å²) in [6, 6.07) is 0. The van der Waals surface area contributed by atoms with E-state index in [1.165, 1.54) is 25.7 Å². The predicted octanol–water partition coefficient (Wildman–Crippen LogP) is 3.38. The van der Waals surface area contributed by atoms with Gasteiger partial charge in [-0.25, -0.2) is 0 Å². The van der Waals surface area contributed by atoms with Gasteiger partial charge in [-0.1, -0.05) is 18.9 Å². The number of thioether (sulfide) groups is 1. The molecule has 1 rings (SSSR count). The molecule has 1 aliphatic carbocycles. The lowest BCUT2D eigenvalue weighted by atomic mass is 10.2. The zero-order chi connectivity index (χ0) is 10.2. The average Bonchev–Trinajstić information content (AvgIpc) is 2.68. The summed E-state index contributed by atoms with van der Waals surface area (Å²) in [5.41, 5.74) is 0. The molecule has 0 spiro atoms. The molecular weight excluding hydrogens is 192 g/mol. The molecule has 14 heavy (non-hydrogen) atoms. The predicted molar refractivity (Wildman–Crippen MR) is 64.8 cm³/mol. The van der Waals surface area contributed by atoms with Gasteiger partial charge in [0.25, 0.3) is 0 Å². The molecule has 0 heterocycles. The second-order valence-electron chi connectivity index (χ2n) is 4.11. The van der Waals surface area contributed by atoms with E-state index < -0.39 is 0 Å². The molecule has 0 amide bonds. The Morgan fingerprint density at radius 2 is 2.14 bits per heavy atom. The quantitative estimate of drug-likeness (QED) is 0.518. The molecule has 0 bridgehead atoms. The first-order chi connectivity index (χ1) is 6.83. The van der Waals surface area contributed by atoms with Crippen LogP contribution in [-0.4, -0.2) is 22.2 Å². The van der Waals surface area contributed by atoms with Crippen molar-refractivity contribution in [1.29, 1.82) is 0 Å². The minimum Gasteiger partial charge on any atom is -0.392 e. The van der Waals surface area contributed by atoms with E-state index in [9.17, 15) is 5.11 Å². The van der Waals surface area contributed by atoms with Gasteiger partial charge >= 0.3 is 0 Å². The van der Waals surface area contributed by atoms with Crippen LogP contribution in [0.3, 0.4) is 0 Å². The number of allylic oxidation sites excluding steroid dienone is 1. The number of hydrogen-bond donors (Lipinski definition) is 1. The van der Waals surface area contributed by atoms with Crippen LogP contribution in [0.5, 0.6) is 0 Å². The molecule has 2 heteroatoms. The van der Waals surface area contributed by atoms with E-state index >= 15 is 0 Å². The molecule has 1 atom stereocenters. The van der Waals surface area contributed by atoms with Gasteiger partial charge < -0.3 is 5.11 Å².